The number of hydrogen-bond donors (Lipinski definition) is 1. The Kier molecular flexibility index (Phi) is 4.04. The fraction of sp³-hybridized carbons (Fsp3) is 1.00. The average Bonchev–Trinajstić information content (AvgIpc) is 2.87. The van der Waals surface area contributed by atoms with E-state index in [1.807, 2.05) is 0 Å². The largest absolute Gasteiger partial charge is 0.314 e. The Bertz CT molecular complexity index is 187. The molecule has 2 saturated carbocycles. The van der Waals surface area contributed by atoms with E-state index in [9.17, 15) is 0 Å². The highest BCUT2D eigenvalue weighted by Gasteiger charge is 2.31. The van der Waals surface area contributed by atoms with Crippen LogP contribution in [0.5, 0.6) is 0 Å². The molecular weight excluding hydrogens is 184 g/mol. The van der Waals surface area contributed by atoms with Crippen LogP contribution in [-0.4, -0.2) is 36.6 Å². The summed E-state index contributed by atoms with van der Waals surface area (Å²) in [6.07, 6.45) is 9.97. The predicted molar refractivity (Wildman–Crippen MR) is 65.1 cm³/mol. The van der Waals surface area contributed by atoms with E-state index in [1.54, 1.807) is 0 Å². The molecule has 2 heteroatoms. The molecule has 0 heterocycles. The molecule has 2 unspecified atom stereocenters. The highest BCUT2D eigenvalue weighted by molar-refractivity contribution is 4.89. The second-order valence-corrected chi connectivity index (χ2v) is 5.33. The van der Waals surface area contributed by atoms with Gasteiger partial charge in [0.1, 0.15) is 0 Å². The third-order valence-electron chi connectivity index (χ3n) is 4.37. The van der Waals surface area contributed by atoms with Gasteiger partial charge in [-0.3, -0.25) is 0 Å². The van der Waals surface area contributed by atoms with Gasteiger partial charge in [0.25, 0.3) is 0 Å². The van der Waals surface area contributed by atoms with E-state index in [0.29, 0.717) is 0 Å². The molecule has 2 fully saturated rings. The van der Waals surface area contributed by atoms with E-state index in [0.717, 1.165) is 24.7 Å². The van der Waals surface area contributed by atoms with Crippen LogP contribution in [0.4, 0.5) is 0 Å². The second-order valence-electron chi connectivity index (χ2n) is 5.33. The van der Waals surface area contributed by atoms with Crippen LogP contribution in [0.3, 0.4) is 0 Å². The molecule has 88 valence electrons. The van der Waals surface area contributed by atoms with Crippen LogP contribution in [0.2, 0.25) is 0 Å². The van der Waals surface area contributed by atoms with E-state index < -0.39 is 0 Å². The SMILES string of the molecule is CCNC1CCC(N(C)C2CCCC2)C1. The zero-order valence-electron chi connectivity index (χ0n) is 10.3. The van der Waals surface area contributed by atoms with Gasteiger partial charge < -0.3 is 10.2 Å². The molecule has 0 aliphatic heterocycles. The summed E-state index contributed by atoms with van der Waals surface area (Å²) in [4.78, 5) is 2.68. The van der Waals surface area contributed by atoms with Crippen LogP contribution in [-0.2, 0) is 0 Å². The van der Waals surface area contributed by atoms with Crippen molar-refractivity contribution < 1.29 is 0 Å². The molecular formula is C13H26N2. The predicted octanol–water partition coefficient (Wildman–Crippen LogP) is 2.39. The highest BCUT2D eigenvalue weighted by Crippen LogP contribution is 2.30. The van der Waals surface area contributed by atoms with Crippen LogP contribution in [0, 0.1) is 0 Å². The zero-order valence-corrected chi connectivity index (χ0v) is 10.3. The van der Waals surface area contributed by atoms with Gasteiger partial charge in [-0.15, -0.1) is 0 Å². The van der Waals surface area contributed by atoms with Crippen molar-refractivity contribution in [2.24, 2.45) is 0 Å². The summed E-state index contributed by atoms with van der Waals surface area (Å²) in [6, 6.07) is 2.55. The zero-order chi connectivity index (χ0) is 10.7. The lowest BCUT2D eigenvalue weighted by atomic mass is 10.1. The van der Waals surface area contributed by atoms with E-state index >= 15 is 0 Å². The lowest BCUT2D eigenvalue weighted by Crippen LogP contribution is -2.38. The average molecular weight is 210 g/mol. The summed E-state index contributed by atoms with van der Waals surface area (Å²) in [5.74, 6) is 0. The maximum absolute atomic E-state index is 3.59. The summed E-state index contributed by atoms with van der Waals surface area (Å²) in [5, 5.41) is 3.59. The topological polar surface area (TPSA) is 15.3 Å². The third-order valence-corrected chi connectivity index (χ3v) is 4.37. The Balaban J connectivity index is 1.79. The molecule has 2 rings (SSSR count). The lowest BCUT2D eigenvalue weighted by molar-refractivity contribution is 0.175. The van der Waals surface area contributed by atoms with Crippen LogP contribution < -0.4 is 5.32 Å². The monoisotopic (exact) mass is 210 g/mol. The lowest BCUT2D eigenvalue weighted by Gasteiger charge is -2.30. The molecule has 2 atom stereocenters. The van der Waals surface area contributed by atoms with Crippen molar-refractivity contribution in [1.29, 1.82) is 0 Å². The molecule has 0 spiro atoms. The van der Waals surface area contributed by atoms with Gasteiger partial charge in [0.05, 0.1) is 0 Å². The molecule has 0 saturated heterocycles. The van der Waals surface area contributed by atoms with Crippen LogP contribution in [0.1, 0.15) is 51.9 Å². The summed E-state index contributed by atoms with van der Waals surface area (Å²) in [6.45, 7) is 3.35. The summed E-state index contributed by atoms with van der Waals surface area (Å²) >= 11 is 0. The minimum atomic E-state index is 0.795. The van der Waals surface area contributed by atoms with Gasteiger partial charge >= 0.3 is 0 Å². The van der Waals surface area contributed by atoms with Crippen LogP contribution in [0.25, 0.3) is 0 Å². The normalized spacial score (nSPS) is 33.0. The quantitative estimate of drug-likeness (QED) is 0.766. The standard InChI is InChI=1S/C13H26N2/c1-3-14-11-8-9-13(10-11)15(2)12-6-4-5-7-12/h11-14H,3-10H2,1-2H3. The smallest absolute Gasteiger partial charge is 0.0110 e. The Morgan fingerprint density at radius 1 is 1.07 bits per heavy atom. The van der Waals surface area contributed by atoms with Gasteiger partial charge in [-0.2, -0.15) is 0 Å². The number of nitrogens with zero attached hydrogens (tertiary/aromatic N) is 1. The maximum Gasteiger partial charge on any atom is 0.0110 e. The molecule has 0 amide bonds. The van der Waals surface area contributed by atoms with E-state index in [2.05, 4.69) is 24.2 Å². The molecule has 0 aromatic rings. The molecule has 0 aromatic carbocycles. The highest BCUT2D eigenvalue weighted by atomic mass is 15.2. The summed E-state index contributed by atoms with van der Waals surface area (Å²) in [7, 11) is 2.36. The van der Waals surface area contributed by atoms with E-state index in [-0.39, 0.29) is 0 Å². The Hall–Kier alpha value is -0.0800. The van der Waals surface area contributed by atoms with Gasteiger partial charge in [0.15, 0.2) is 0 Å². The molecule has 2 aliphatic rings. The Labute approximate surface area is 94.4 Å². The molecule has 2 nitrogen and oxygen atoms in total. The van der Waals surface area contributed by atoms with Crippen molar-refractivity contribution in [1.82, 2.24) is 10.2 Å². The van der Waals surface area contributed by atoms with Crippen molar-refractivity contribution in [2.75, 3.05) is 13.6 Å². The first-order chi connectivity index (χ1) is 7.31. The van der Waals surface area contributed by atoms with Gasteiger partial charge in [-0.25, -0.2) is 0 Å². The maximum atomic E-state index is 3.59. The van der Waals surface area contributed by atoms with Crippen molar-refractivity contribution in [3.63, 3.8) is 0 Å². The fourth-order valence-corrected chi connectivity index (χ4v) is 3.41. The summed E-state index contributed by atoms with van der Waals surface area (Å²) in [5.41, 5.74) is 0. The third kappa shape index (κ3) is 2.73. The van der Waals surface area contributed by atoms with Gasteiger partial charge in [-0.05, 0) is 45.7 Å². The van der Waals surface area contributed by atoms with Crippen molar-refractivity contribution in [3.05, 3.63) is 0 Å². The molecule has 1 N–H and O–H groups in total. The van der Waals surface area contributed by atoms with Crippen molar-refractivity contribution >= 4 is 0 Å². The van der Waals surface area contributed by atoms with Crippen LogP contribution >= 0.6 is 0 Å². The van der Waals surface area contributed by atoms with Crippen molar-refractivity contribution in [2.45, 2.75) is 70.0 Å². The second kappa shape index (κ2) is 5.31. The molecule has 0 radical (unpaired) electrons. The van der Waals surface area contributed by atoms with Crippen LogP contribution in [0.15, 0.2) is 0 Å². The summed E-state index contributed by atoms with van der Waals surface area (Å²) < 4.78 is 0. The first-order valence-electron chi connectivity index (χ1n) is 6.76. The van der Waals surface area contributed by atoms with Gasteiger partial charge in [0, 0.05) is 18.1 Å². The van der Waals surface area contributed by atoms with E-state index in [4.69, 9.17) is 0 Å². The minimum absolute atomic E-state index is 0.795. The van der Waals surface area contributed by atoms with E-state index in [1.165, 1.54) is 44.9 Å². The minimum Gasteiger partial charge on any atom is -0.314 e. The van der Waals surface area contributed by atoms with Gasteiger partial charge in [0.2, 0.25) is 0 Å². The molecule has 15 heavy (non-hydrogen) atoms. The first-order valence-corrected chi connectivity index (χ1v) is 6.76. The molecule has 0 aromatic heterocycles. The number of rotatable bonds is 4. The van der Waals surface area contributed by atoms with Crippen molar-refractivity contribution in [3.8, 4) is 0 Å². The number of nitrogens with one attached hydrogen (secondary N) is 1. The fourth-order valence-electron chi connectivity index (χ4n) is 3.41. The number of hydrogen-bond acceptors (Lipinski definition) is 2. The van der Waals surface area contributed by atoms with Gasteiger partial charge in [-0.1, -0.05) is 19.8 Å². The Morgan fingerprint density at radius 3 is 2.47 bits per heavy atom. The molecule has 2 aliphatic carbocycles. The molecule has 0 bridgehead atoms. The Morgan fingerprint density at radius 2 is 1.80 bits per heavy atom. The first kappa shape index (κ1) is 11.4.